The number of ether oxygens (including phenoxy) is 1. The zero-order valence-electron chi connectivity index (χ0n) is 17.3. The first-order valence-corrected chi connectivity index (χ1v) is 11.3. The van der Waals surface area contributed by atoms with Gasteiger partial charge in [-0.15, -0.1) is 6.58 Å². The van der Waals surface area contributed by atoms with Crippen LogP contribution in [0.15, 0.2) is 60.0 Å². The summed E-state index contributed by atoms with van der Waals surface area (Å²) < 4.78 is 32.5. The van der Waals surface area contributed by atoms with Gasteiger partial charge in [0.15, 0.2) is 0 Å². The Hall–Kier alpha value is -3.01. The molecule has 1 heterocycles. The van der Waals surface area contributed by atoms with Crippen LogP contribution < -0.4 is 10.6 Å². The Labute approximate surface area is 181 Å². The molecule has 2 aromatic rings. The first-order chi connectivity index (χ1) is 14.8. The van der Waals surface area contributed by atoms with E-state index in [1.165, 1.54) is 16.4 Å². The predicted octanol–water partition coefficient (Wildman–Crippen LogP) is 2.18. The molecule has 1 aliphatic rings. The summed E-state index contributed by atoms with van der Waals surface area (Å²) >= 11 is 0. The maximum atomic E-state index is 13.0. The van der Waals surface area contributed by atoms with Gasteiger partial charge in [0.2, 0.25) is 10.0 Å². The zero-order valence-corrected chi connectivity index (χ0v) is 18.1. The molecule has 9 heteroatoms. The van der Waals surface area contributed by atoms with Crippen LogP contribution in [0.2, 0.25) is 0 Å². The van der Waals surface area contributed by atoms with Crippen LogP contribution in [0.1, 0.15) is 26.3 Å². The smallest absolute Gasteiger partial charge is 0.255 e. The Balaban J connectivity index is 1.87. The molecule has 0 saturated carbocycles. The summed E-state index contributed by atoms with van der Waals surface area (Å²) in [5.41, 5.74) is 1.46. The third-order valence-electron chi connectivity index (χ3n) is 4.89. The van der Waals surface area contributed by atoms with E-state index < -0.39 is 15.9 Å². The number of anilines is 1. The van der Waals surface area contributed by atoms with E-state index in [1.54, 1.807) is 43.3 Å². The maximum absolute atomic E-state index is 13.0. The fourth-order valence-corrected chi connectivity index (χ4v) is 4.62. The first kappa shape index (κ1) is 22.7. The predicted molar refractivity (Wildman–Crippen MR) is 118 cm³/mol. The molecule has 1 fully saturated rings. The number of hydrogen-bond acceptors (Lipinski definition) is 5. The summed E-state index contributed by atoms with van der Waals surface area (Å²) in [7, 11) is -3.74. The van der Waals surface area contributed by atoms with E-state index in [0.717, 1.165) is 0 Å². The number of rotatable bonds is 7. The summed E-state index contributed by atoms with van der Waals surface area (Å²) in [5.74, 6) is -0.850. The monoisotopic (exact) mass is 443 g/mol. The van der Waals surface area contributed by atoms with Crippen molar-refractivity contribution in [2.45, 2.75) is 11.8 Å². The normalized spacial score (nSPS) is 14.6. The maximum Gasteiger partial charge on any atom is 0.255 e. The third kappa shape index (κ3) is 5.19. The highest BCUT2D eigenvalue weighted by molar-refractivity contribution is 7.89. The summed E-state index contributed by atoms with van der Waals surface area (Å²) in [6.07, 6.45) is 1.56. The zero-order chi connectivity index (χ0) is 22.4. The number of morpholine rings is 1. The van der Waals surface area contributed by atoms with E-state index in [1.807, 2.05) is 0 Å². The van der Waals surface area contributed by atoms with Crippen LogP contribution in [-0.2, 0) is 14.8 Å². The van der Waals surface area contributed by atoms with Gasteiger partial charge in [-0.3, -0.25) is 9.59 Å². The minimum Gasteiger partial charge on any atom is -0.379 e. The molecule has 0 unspecified atom stereocenters. The number of sulfonamides is 1. The van der Waals surface area contributed by atoms with Crippen LogP contribution in [-0.4, -0.2) is 57.4 Å². The number of aryl methyl sites for hydroxylation is 1. The lowest BCUT2D eigenvalue weighted by molar-refractivity contribution is 0.0730. The second kappa shape index (κ2) is 9.86. The Morgan fingerprint density at radius 3 is 2.52 bits per heavy atom. The first-order valence-electron chi connectivity index (χ1n) is 9.82. The molecule has 2 aromatic carbocycles. The largest absolute Gasteiger partial charge is 0.379 e. The molecular weight excluding hydrogens is 418 g/mol. The average molecular weight is 444 g/mol. The van der Waals surface area contributed by atoms with Crippen LogP contribution in [0.4, 0.5) is 5.69 Å². The minimum atomic E-state index is -3.74. The van der Waals surface area contributed by atoms with Crippen molar-refractivity contribution in [1.82, 2.24) is 9.62 Å². The van der Waals surface area contributed by atoms with Crippen LogP contribution >= 0.6 is 0 Å². The summed E-state index contributed by atoms with van der Waals surface area (Å²) in [6.45, 7) is 6.79. The Morgan fingerprint density at radius 1 is 1.10 bits per heavy atom. The lowest BCUT2D eigenvalue weighted by Gasteiger charge is -2.26. The molecule has 1 saturated heterocycles. The molecule has 31 heavy (non-hydrogen) atoms. The van der Waals surface area contributed by atoms with Crippen molar-refractivity contribution in [3.05, 3.63) is 71.8 Å². The number of carbonyl (C=O) groups is 2. The van der Waals surface area contributed by atoms with Crippen molar-refractivity contribution in [3.8, 4) is 0 Å². The number of carbonyl (C=O) groups excluding carboxylic acids is 2. The van der Waals surface area contributed by atoms with Crippen molar-refractivity contribution in [3.63, 3.8) is 0 Å². The molecule has 0 atom stereocenters. The fourth-order valence-electron chi connectivity index (χ4n) is 3.18. The number of amides is 2. The molecule has 3 rings (SSSR count). The van der Waals surface area contributed by atoms with Crippen molar-refractivity contribution in [2.24, 2.45) is 0 Å². The molecule has 1 aliphatic heterocycles. The second-order valence-electron chi connectivity index (χ2n) is 6.99. The highest BCUT2D eigenvalue weighted by Gasteiger charge is 2.27. The van der Waals surface area contributed by atoms with Gasteiger partial charge in [-0.2, -0.15) is 4.31 Å². The Morgan fingerprint density at radius 2 is 1.81 bits per heavy atom. The van der Waals surface area contributed by atoms with Gasteiger partial charge in [0.05, 0.1) is 29.4 Å². The highest BCUT2D eigenvalue weighted by Crippen LogP contribution is 2.22. The number of hydrogen-bond donors (Lipinski definition) is 2. The third-order valence-corrected chi connectivity index (χ3v) is 6.78. The van der Waals surface area contributed by atoms with Gasteiger partial charge in [0.1, 0.15) is 0 Å². The van der Waals surface area contributed by atoms with E-state index in [0.29, 0.717) is 36.6 Å². The van der Waals surface area contributed by atoms with Crippen LogP contribution in [0.5, 0.6) is 0 Å². The molecule has 0 radical (unpaired) electrons. The lowest BCUT2D eigenvalue weighted by Crippen LogP contribution is -2.40. The van der Waals surface area contributed by atoms with E-state index in [9.17, 15) is 18.0 Å². The quantitative estimate of drug-likeness (QED) is 0.639. The van der Waals surface area contributed by atoms with E-state index in [4.69, 9.17) is 4.74 Å². The molecule has 0 aromatic heterocycles. The van der Waals surface area contributed by atoms with E-state index >= 15 is 0 Å². The summed E-state index contributed by atoms with van der Waals surface area (Å²) in [6, 6.07) is 11.1. The van der Waals surface area contributed by atoms with Crippen LogP contribution in [0.3, 0.4) is 0 Å². The van der Waals surface area contributed by atoms with Gasteiger partial charge >= 0.3 is 0 Å². The lowest BCUT2D eigenvalue weighted by atomic mass is 10.1. The highest BCUT2D eigenvalue weighted by atomic mass is 32.2. The molecule has 0 spiro atoms. The number of nitrogens with one attached hydrogen (secondary N) is 2. The molecule has 2 N–H and O–H groups in total. The van der Waals surface area contributed by atoms with Gasteiger partial charge in [-0.05, 0) is 36.8 Å². The van der Waals surface area contributed by atoms with Gasteiger partial charge in [-0.25, -0.2) is 8.42 Å². The number of nitrogens with zero attached hydrogens (tertiary/aromatic N) is 1. The second-order valence-corrected chi connectivity index (χ2v) is 8.93. The standard InChI is InChI=1S/C22H25N3O5S/c1-3-10-23-21(26)18-6-4-5-7-20(18)24-22(27)19-15-17(9-8-16(19)2)31(28,29)25-11-13-30-14-12-25/h3-9,15H,1,10-14H2,2H3,(H,23,26)(H,24,27). The van der Waals surface area contributed by atoms with Crippen molar-refractivity contribution in [1.29, 1.82) is 0 Å². The molecule has 2 amide bonds. The van der Waals surface area contributed by atoms with E-state index in [2.05, 4.69) is 17.2 Å². The Bertz CT molecular complexity index is 1090. The topological polar surface area (TPSA) is 105 Å². The fraction of sp³-hybridized carbons (Fsp3) is 0.273. The minimum absolute atomic E-state index is 0.0437. The van der Waals surface area contributed by atoms with Gasteiger partial charge in [0, 0.05) is 25.2 Å². The average Bonchev–Trinajstić information content (AvgIpc) is 2.78. The molecule has 8 nitrogen and oxygen atoms in total. The van der Waals surface area contributed by atoms with E-state index in [-0.39, 0.29) is 29.5 Å². The van der Waals surface area contributed by atoms with Crippen LogP contribution in [0.25, 0.3) is 0 Å². The van der Waals surface area contributed by atoms with Gasteiger partial charge in [0.25, 0.3) is 11.8 Å². The van der Waals surface area contributed by atoms with Crippen molar-refractivity contribution in [2.75, 3.05) is 38.2 Å². The van der Waals surface area contributed by atoms with Crippen molar-refractivity contribution < 1.29 is 22.7 Å². The molecule has 164 valence electrons. The summed E-state index contributed by atoms with van der Waals surface area (Å²) in [5, 5.41) is 5.40. The SMILES string of the molecule is C=CCNC(=O)c1ccccc1NC(=O)c1cc(S(=O)(=O)N2CCOCC2)ccc1C. The van der Waals surface area contributed by atoms with Crippen molar-refractivity contribution >= 4 is 27.5 Å². The molecule has 0 aliphatic carbocycles. The van der Waals surface area contributed by atoms with Crippen LogP contribution in [0, 0.1) is 6.92 Å². The number of benzene rings is 2. The Kier molecular flexibility index (Phi) is 7.21. The summed E-state index contributed by atoms with van der Waals surface area (Å²) in [4.78, 5) is 25.4. The molecule has 0 bridgehead atoms. The van der Waals surface area contributed by atoms with Gasteiger partial charge < -0.3 is 15.4 Å². The number of para-hydroxylation sites is 1. The van der Waals surface area contributed by atoms with Gasteiger partial charge in [-0.1, -0.05) is 24.3 Å². The molecular formula is C22H25N3O5S.